The minimum Gasteiger partial charge on any atom is -0.339 e. The van der Waals surface area contributed by atoms with E-state index >= 15 is 0 Å². The molecule has 0 aliphatic heterocycles. The molecule has 0 unspecified atom stereocenters. The first-order chi connectivity index (χ1) is 14.2. The number of carbonyl (C=O) groups is 2. The van der Waals surface area contributed by atoms with Crippen molar-refractivity contribution in [3.05, 3.63) is 51.7 Å². The predicted molar refractivity (Wildman–Crippen MR) is 121 cm³/mol. The Morgan fingerprint density at radius 1 is 1.20 bits per heavy atom. The zero-order chi connectivity index (χ0) is 22.1. The second kappa shape index (κ2) is 8.88. The molecule has 1 heterocycles. The van der Waals surface area contributed by atoms with E-state index in [0.29, 0.717) is 29.6 Å². The Morgan fingerprint density at radius 3 is 2.47 bits per heavy atom. The fraction of sp³-hybridized carbons (Fsp3) is 0.500. The Labute approximate surface area is 182 Å². The Bertz CT molecular complexity index is 941. The first kappa shape index (κ1) is 22.5. The summed E-state index contributed by atoms with van der Waals surface area (Å²) in [7, 11) is 0. The van der Waals surface area contributed by atoms with Gasteiger partial charge in [-0.3, -0.25) is 9.59 Å². The Hall–Kier alpha value is -2.21. The maximum atomic E-state index is 14.1. The van der Waals surface area contributed by atoms with Crippen LogP contribution in [-0.4, -0.2) is 29.8 Å². The van der Waals surface area contributed by atoms with Gasteiger partial charge in [0.1, 0.15) is 10.8 Å². The third-order valence-electron chi connectivity index (χ3n) is 6.10. The van der Waals surface area contributed by atoms with E-state index < -0.39 is 11.7 Å². The molecule has 1 aliphatic carbocycles. The van der Waals surface area contributed by atoms with Crippen molar-refractivity contribution < 1.29 is 14.0 Å². The van der Waals surface area contributed by atoms with Gasteiger partial charge in [0.2, 0.25) is 0 Å². The van der Waals surface area contributed by atoms with E-state index in [1.54, 1.807) is 17.0 Å². The van der Waals surface area contributed by atoms with E-state index in [1.165, 1.54) is 28.3 Å². The normalized spacial score (nSPS) is 16.1. The highest BCUT2D eigenvalue weighted by Gasteiger charge is 2.35. The van der Waals surface area contributed by atoms with Crippen LogP contribution in [0.25, 0.3) is 0 Å². The fourth-order valence-electron chi connectivity index (χ4n) is 4.12. The standard InChI is InChI=1S/C24H31FN2O2S/c1-6-27(7-2)23(29)20-17-13-12-15(24(3,4)5)14-19(17)30-22(20)26-21(28)16-10-8-9-11-18(16)25/h8-11,15H,6-7,12-14H2,1-5H3,(H,26,28)/t15-/m1/s1. The SMILES string of the molecule is CCN(CC)C(=O)c1c(NC(=O)c2ccccc2F)sc2c1CC[C@@H](C(C)(C)C)C2. The molecule has 1 aromatic carbocycles. The van der Waals surface area contributed by atoms with E-state index in [4.69, 9.17) is 0 Å². The lowest BCUT2D eigenvalue weighted by atomic mass is 9.72. The highest BCUT2D eigenvalue weighted by atomic mass is 32.1. The van der Waals surface area contributed by atoms with Crippen molar-refractivity contribution in [3.63, 3.8) is 0 Å². The van der Waals surface area contributed by atoms with Crippen LogP contribution in [0, 0.1) is 17.2 Å². The van der Waals surface area contributed by atoms with Crippen LogP contribution in [0.3, 0.4) is 0 Å². The lowest BCUT2D eigenvalue weighted by molar-refractivity contribution is 0.0772. The largest absolute Gasteiger partial charge is 0.339 e. The smallest absolute Gasteiger partial charge is 0.259 e. The van der Waals surface area contributed by atoms with Gasteiger partial charge in [-0.05, 0) is 62.1 Å². The second-order valence-corrected chi connectivity index (χ2v) is 10.0. The van der Waals surface area contributed by atoms with E-state index in [1.807, 2.05) is 13.8 Å². The molecular formula is C24H31FN2O2S. The molecule has 1 aromatic heterocycles. The summed E-state index contributed by atoms with van der Waals surface area (Å²) in [6.07, 6.45) is 2.75. The number of thiophene rings is 1. The van der Waals surface area contributed by atoms with Crippen molar-refractivity contribution in [2.24, 2.45) is 11.3 Å². The summed E-state index contributed by atoms with van der Waals surface area (Å²) in [5.41, 5.74) is 1.82. The van der Waals surface area contributed by atoms with Gasteiger partial charge in [-0.15, -0.1) is 11.3 Å². The number of nitrogens with one attached hydrogen (secondary N) is 1. The number of anilines is 1. The number of fused-ring (bicyclic) bond motifs is 1. The molecule has 2 amide bonds. The van der Waals surface area contributed by atoms with E-state index in [9.17, 15) is 14.0 Å². The molecule has 30 heavy (non-hydrogen) atoms. The zero-order valence-corrected chi connectivity index (χ0v) is 19.3. The topological polar surface area (TPSA) is 49.4 Å². The number of amides is 2. The highest BCUT2D eigenvalue weighted by Crippen LogP contribution is 2.44. The number of hydrogen-bond acceptors (Lipinski definition) is 3. The van der Waals surface area contributed by atoms with Crippen molar-refractivity contribution in [2.45, 2.75) is 53.9 Å². The van der Waals surface area contributed by atoms with Crippen LogP contribution in [-0.2, 0) is 12.8 Å². The second-order valence-electron chi connectivity index (χ2n) is 8.93. The maximum absolute atomic E-state index is 14.1. The molecule has 4 nitrogen and oxygen atoms in total. The van der Waals surface area contributed by atoms with Gasteiger partial charge in [-0.25, -0.2) is 4.39 Å². The van der Waals surface area contributed by atoms with Crippen molar-refractivity contribution >= 4 is 28.2 Å². The summed E-state index contributed by atoms with van der Waals surface area (Å²) in [5.74, 6) is -0.626. The van der Waals surface area contributed by atoms with Crippen LogP contribution < -0.4 is 5.32 Å². The number of benzene rings is 1. The Balaban J connectivity index is 2.01. The number of nitrogens with zero attached hydrogens (tertiary/aromatic N) is 1. The van der Waals surface area contributed by atoms with Gasteiger partial charge in [0.25, 0.3) is 11.8 Å². The molecule has 0 spiro atoms. The summed E-state index contributed by atoms with van der Waals surface area (Å²) in [6, 6.07) is 5.91. The third kappa shape index (κ3) is 4.43. The summed E-state index contributed by atoms with van der Waals surface area (Å²) in [6.45, 7) is 11.9. The number of hydrogen-bond donors (Lipinski definition) is 1. The predicted octanol–water partition coefficient (Wildman–Crippen LogP) is 5.77. The summed E-state index contributed by atoms with van der Waals surface area (Å²) >= 11 is 1.48. The Morgan fingerprint density at radius 2 is 1.87 bits per heavy atom. The van der Waals surface area contributed by atoms with Crippen LogP contribution in [0.4, 0.5) is 9.39 Å². The molecule has 3 rings (SSSR count). The molecule has 0 fully saturated rings. The Kier molecular flexibility index (Phi) is 6.65. The molecule has 1 atom stereocenters. The third-order valence-corrected chi connectivity index (χ3v) is 7.27. The maximum Gasteiger partial charge on any atom is 0.259 e. The van der Waals surface area contributed by atoms with Gasteiger partial charge in [0.15, 0.2) is 0 Å². The monoisotopic (exact) mass is 430 g/mol. The summed E-state index contributed by atoms with van der Waals surface area (Å²) in [4.78, 5) is 29.1. The molecule has 0 bridgehead atoms. The van der Waals surface area contributed by atoms with Crippen LogP contribution in [0.1, 0.15) is 72.2 Å². The number of rotatable bonds is 5. The molecule has 1 aliphatic rings. The number of carbonyl (C=O) groups excluding carboxylic acids is 2. The zero-order valence-electron chi connectivity index (χ0n) is 18.5. The molecule has 6 heteroatoms. The molecule has 0 radical (unpaired) electrons. The van der Waals surface area contributed by atoms with E-state index in [-0.39, 0.29) is 16.9 Å². The van der Waals surface area contributed by atoms with Gasteiger partial charge in [0, 0.05) is 18.0 Å². The molecule has 0 saturated heterocycles. The first-order valence-corrected chi connectivity index (χ1v) is 11.5. The lowest BCUT2D eigenvalue weighted by Crippen LogP contribution is -2.32. The van der Waals surface area contributed by atoms with Crippen molar-refractivity contribution in [1.82, 2.24) is 4.90 Å². The first-order valence-electron chi connectivity index (χ1n) is 10.7. The van der Waals surface area contributed by atoms with E-state index in [0.717, 1.165) is 24.8 Å². The highest BCUT2D eigenvalue weighted by molar-refractivity contribution is 7.17. The average molecular weight is 431 g/mol. The quantitative estimate of drug-likeness (QED) is 0.654. The van der Waals surface area contributed by atoms with E-state index in [2.05, 4.69) is 26.1 Å². The van der Waals surface area contributed by atoms with Gasteiger partial charge in [-0.2, -0.15) is 0 Å². The molecule has 2 aromatic rings. The minimum absolute atomic E-state index is 0.0160. The molecule has 162 valence electrons. The van der Waals surface area contributed by atoms with Gasteiger partial charge < -0.3 is 10.2 Å². The summed E-state index contributed by atoms with van der Waals surface area (Å²) < 4.78 is 14.1. The van der Waals surface area contributed by atoms with Gasteiger partial charge >= 0.3 is 0 Å². The van der Waals surface area contributed by atoms with Gasteiger partial charge in [0.05, 0.1) is 11.1 Å². The van der Waals surface area contributed by atoms with Crippen LogP contribution in [0.5, 0.6) is 0 Å². The average Bonchev–Trinajstić information content (AvgIpc) is 3.05. The van der Waals surface area contributed by atoms with Crippen LogP contribution >= 0.6 is 11.3 Å². The van der Waals surface area contributed by atoms with Crippen molar-refractivity contribution in [2.75, 3.05) is 18.4 Å². The fourth-order valence-corrected chi connectivity index (χ4v) is 5.44. The van der Waals surface area contributed by atoms with Crippen molar-refractivity contribution in [1.29, 1.82) is 0 Å². The minimum atomic E-state index is -0.569. The van der Waals surface area contributed by atoms with Crippen LogP contribution in [0.15, 0.2) is 24.3 Å². The molecule has 1 N–H and O–H groups in total. The van der Waals surface area contributed by atoms with Crippen molar-refractivity contribution in [3.8, 4) is 0 Å². The summed E-state index contributed by atoms with van der Waals surface area (Å²) in [5, 5.41) is 3.40. The lowest BCUT2D eigenvalue weighted by Gasteiger charge is -2.34. The number of halogens is 1. The molecule has 0 saturated carbocycles. The van der Waals surface area contributed by atoms with Crippen LogP contribution in [0.2, 0.25) is 0 Å². The van der Waals surface area contributed by atoms with Gasteiger partial charge in [-0.1, -0.05) is 32.9 Å². The molecular weight excluding hydrogens is 399 g/mol.